The van der Waals surface area contributed by atoms with Gasteiger partial charge in [0.2, 0.25) is 0 Å². The Hall–Kier alpha value is -1.35. The zero-order valence-corrected chi connectivity index (χ0v) is 7.25. The molecule has 0 amide bonds. The van der Waals surface area contributed by atoms with Crippen LogP contribution in [0.3, 0.4) is 0 Å². The minimum absolute atomic E-state index is 0.534. The van der Waals surface area contributed by atoms with Gasteiger partial charge in [-0.2, -0.15) is 0 Å². The van der Waals surface area contributed by atoms with E-state index < -0.39 is 0 Å². The average molecular weight is 173 g/mol. The van der Waals surface area contributed by atoms with Gasteiger partial charge < -0.3 is 10.3 Å². The minimum atomic E-state index is 0.534. The average Bonchev–Trinajstić information content (AvgIpc) is 2.47. The van der Waals surface area contributed by atoms with Crippen molar-refractivity contribution in [1.29, 1.82) is 0 Å². The van der Waals surface area contributed by atoms with Gasteiger partial charge in [0.15, 0.2) is 0 Å². The van der Waals surface area contributed by atoms with Crippen LogP contribution in [0.4, 0.5) is 0 Å². The van der Waals surface area contributed by atoms with Gasteiger partial charge in [-0.1, -0.05) is 0 Å². The highest BCUT2D eigenvalue weighted by atomic mass is 15.0. The lowest BCUT2D eigenvalue weighted by molar-refractivity contribution is 0.383. The first-order valence-electron chi connectivity index (χ1n) is 4.60. The molecule has 1 aliphatic rings. The molecular weight excluding hydrogens is 162 g/mol. The van der Waals surface area contributed by atoms with Crippen LogP contribution in [0.15, 0.2) is 24.5 Å². The molecule has 1 aliphatic heterocycles. The zero-order valence-electron chi connectivity index (χ0n) is 7.25. The standard InChI is InChI=1S/C10H11N3/c1-3-12-10-7(1)5-8(6-13-10)9-2-4-11-9/h1,3,5-6,9,11H,2,4H2,(H,12,13)/t9-/m1/s1. The third-order valence-electron chi connectivity index (χ3n) is 2.65. The molecule has 0 aliphatic carbocycles. The number of pyridine rings is 1. The van der Waals surface area contributed by atoms with Gasteiger partial charge in [0.05, 0.1) is 0 Å². The molecule has 0 spiro atoms. The predicted molar refractivity (Wildman–Crippen MR) is 51.5 cm³/mol. The lowest BCUT2D eigenvalue weighted by Crippen LogP contribution is -2.34. The highest BCUT2D eigenvalue weighted by molar-refractivity contribution is 5.75. The molecule has 2 aromatic heterocycles. The quantitative estimate of drug-likeness (QED) is 0.687. The summed E-state index contributed by atoms with van der Waals surface area (Å²) in [6, 6.07) is 4.80. The minimum Gasteiger partial charge on any atom is -0.346 e. The molecule has 0 radical (unpaired) electrons. The molecule has 0 unspecified atom stereocenters. The van der Waals surface area contributed by atoms with E-state index in [9.17, 15) is 0 Å². The molecule has 0 saturated carbocycles. The Balaban J connectivity index is 2.09. The number of nitrogens with one attached hydrogen (secondary N) is 2. The molecule has 1 saturated heterocycles. The van der Waals surface area contributed by atoms with E-state index >= 15 is 0 Å². The van der Waals surface area contributed by atoms with Crippen molar-refractivity contribution < 1.29 is 0 Å². The maximum Gasteiger partial charge on any atom is 0.137 e. The van der Waals surface area contributed by atoms with Crippen LogP contribution in [0.2, 0.25) is 0 Å². The maximum absolute atomic E-state index is 4.35. The van der Waals surface area contributed by atoms with E-state index in [4.69, 9.17) is 0 Å². The zero-order chi connectivity index (χ0) is 8.67. The van der Waals surface area contributed by atoms with Gasteiger partial charge in [0.1, 0.15) is 5.65 Å². The third-order valence-corrected chi connectivity index (χ3v) is 2.65. The fraction of sp³-hybridized carbons (Fsp3) is 0.300. The van der Waals surface area contributed by atoms with Crippen LogP contribution in [0.1, 0.15) is 18.0 Å². The normalized spacial score (nSPS) is 21.7. The number of rotatable bonds is 1. The fourth-order valence-electron chi connectivity index (χ4n) is 1.72. The number of hydrogen-bond donors (Lipinski definition) is 2. The van der Waals surface area contributed by atoms with Crippen molar-refractivity contribution in [3.8, 4) is 0 Å². The van der Waals surface area contributed by atoms with Gasteiger partial charge in [-0.3, -0.25) is 0 Å². The molecule has 3 nitrogen and oxygen atoms in total. The number of fused-ring (bicyclic) bond motifs is 1. The first kappa shape index (κ1) is 7.09. The summed E-state index contributed by atoms with van der Waals surface area (Å²) < 4.78 is 0. The molecule has 3 heteroatoms. The summed E-state index contributed by atoms with van der Waals surface area (Å²) in [5, 5.41) is 4.57. The SMILES string of the molecule is c1cc2cc([C@H]3CCN3)cnc2[nH]1. The Morgan fingerprint density at radius 2 is 2.38 bits per heavy atom. The van der Waals surface area contributed by atoms with Crippen molar-refractivity contribution in [2.75, 3.05) is 6.54 Å². The maximum atomic E-state index is 4.35. The summed E-state index contributed by atoms with van der Waals surface area (Å²) in [6.45, 7) is 1.13. The Bertz CT molecular complexity index is 428. The molecule has 3 heterocycles. The van der Waals surface area contributed by atoms with Crippen LogP contribution in [0, 0.1) is 0 Å². The largest absolute Gasteiger partial charge is 0.346 e. The van der Waals surface area contributed by atoms with Gasteiger partial charge in [-0.15, -0.1) is 0 Å². The predicted octanol–water partition coefficient (Wildman–Crippen LogP) is 1.60. The number of aromatic amines is 1. The molecular formula is C10H11N3. The van der Waals surface area contributed by atoms with E-state index in [2.05, 4.69) is 27.4 Å². The third kappa shape index (κ3) is 1.04. The first-order chi connectivity index (χ1) is 6.43. The smallest absolute Gasteiger partial charge is 0.137 e. The second kappa shape index (κ2) is 2.57. The van der Waals surface area contributed by atoms with Crippen LogP contribution >= 0.6 is 0 Å². The van der Waals surface area contributed by atoms with E-state index in [0.717, 1.165) is 12.2 Å². The number of hydrogen-bond acceptors (Lipinski definition) is 2. The number of H-pyrrole nitrogens is 1. The van der Waals surface area contributed by atoms with E-state index in [0.29, 0.717) is 6.04 Å². The summed E-state index contributed by atoms with van der Waals surface area (Å²) in [5.41, 5.74) is 2.28. The monoisotopic (exact) mass is 173 g/mol. The molecule has 2 N–H and O–H groups in total. The van der Waals surface area contributed by atoms with E-state index in [1.54, 1.807) is 0 Å². The van der Waals surface area contributed by atoms with Crippen molar-refractivity contribution in [3.05, 3.63) is 30.1 Å². The van der Waals surface area contributed by atoms with Crippen LogP contribution < -0.4 is 5.32 Å². The van der Waals surface area contributed by atoms with Crippen molar-refractivity contribution in [1.82, 2.24) is 15.3 Å². The topological polar surface area (TPSA) is 40.7 Å². The van der Waals surface area contributed by atoms with Crippen LogP contribution in [0.25, 0.3) is 11.0 Å². The van der Waals surface area contributed by atoms with Gasteiger partial charge in [-0.05, 0) is 30.7 Å². The molecule has 3 rings (SSSR count). The molecule has 0 bridgehead atoms. The summed E-state index contributed by atoms with van der Waals surface area (Å²) in [5.74, 6) is 0. The lowest BCUT2D eigenvalue weighted by Gasteiger charge is -2.27. The van der Waals surface area contributed by atoms with Crippen LogP contribution in [-0.4, -0.2) is 16.5 Å². The van der Waals surface area contributed by atoms with Crippen molar-refractivity contribution in [2.45, 2.75) is 12.5 Å². The van der Waals surface area contributed by atoms with Gasteiger partial charge in [-0.25, -0.2) is 4.98 Å². The second-order valence-corrected chi connectivity index (χ2v) is 3.48. The van der Waals surface area contributed by atoms with Gasteiger partial charge >= 0.3 is 0 Å². The number of aromatic nitrogens is 2. The van der Waals surface area contributed by atoms with Crippen molar-refractivity contribution in [3.63, 3.8) is 0 Å². The number of nitrogens with zero attached hydrogens (tertiary/aromatic N) is 1. The van der Waals surface area contributed by atoms with Crippen LogP contribution in [0.5, 0.6) is 0 Å². The van der Waals surface area contributed by atoms with E-state index in [1.165, 1.54) is 17.4 Å². The van der Waals surface area contributed by atoms with Gasteiger partial charge in [0.25, 0.3) is 0 Å². The Kier molecular flexibility index (Phi) is 1.40. The fourth-order valence-corrected chi connectivity index (χ4v) is 1.72. The first-order valence-corrected chi connectivity index (χ1v) is 4.60. The highest BCUT2D eigenvalue weighted by Gasteiger charge is 2.18. The van der Waals surface area contributed by atoms with Gasteiger partial charge in [0, 0.05) is 23.8 Å². The summed E-state index contributed by atoms with van der Waals surface area (Å²) in [4.78, 5) is 7.44. The highest BCUT2D eigenvalue weighted by Crippen LogP contribution is 2.24. The molecule has 1 atom stereocenters. The molecule has 66 valence electrons. The van der Waals surface area contributed by atoms with Crippen molar-refractivity contribution >= 4 is 11.0 Å². The van der Waals surface area contributed by atoms with Crippen molar-refractivity contribution in [2.24, 2.45) is 0 Å². The summed E-state index contributed by atoms with van der Waals surface area (Å²) >= 11 is 0. The Morgan fingerprint density at radius 1 is 1.46 bits per heavy atom. The van der Waals surface area contributed by atoms with E-state index in [1.807, 2.05) is 12.4 Å². The summed E-state index contributed by atoms with van der Waals surface area (Å²) in [6.07, 6.45) is 5.11. The summed E-state index contributed by atoms with van der Waals surface area (Å²) in [7, 11) is 0. The molecule has 2 aromatic rings. The van der Waals surface area contributed by atoms with Crippen LogP contribution in [-0.2, 0) is 0 Å². The molecule has 1 fully saturated rings. The Morgan fingerprint density at radius 3 is 3.15 bits per heavy atom. The molecule has 13 heavy (non-hydrogen) atoms. The lowest BCUT2D eigenvalue weighted by atomic mass is 9.99. The van der Waals surface area contributed by atoms with E-state index in [-0.39, 0.29) is 0 Å². The molecule has 0 aromatic carbocycles. The Labute approximate surface area is 76.2 Å². The second-order valence-electron chi connectivity index (χ2n) is 3.48.